The number of nitrogens with one attached hydrogen (secondary N) is 2. The van der Waals surface area contributed by atoms with Crippen molar-refractivity contribution in [2.45, 2.75) is 24.2 Å². The third kappa shape index (κ3) is 6.53. The molecule has 1 amide bonds. The van der Waals surface area contributed by atoms with Crippen LogP contribution < -0.4 is 20.1 Å². The van der Waals surface area contributed by atoms with E-state index in [1.165, 1.54) is 29.6 Å². The zero-order valence-electron chi connectivity index (χ0n) is 18.5. The van der Waals surface area contributed by atoms with Crippen molar-refractivity contribution in [2.75, 3.05) is 32.6 Å². The molecule has 0 aromatic heterocycles. The molecule has 3 rings (SSSR count). The Hall–Kier alpha value is -2.95. The molecule has 2 aromatic rings. The average molecular weight is 490 g/mol. The zero-order valence-corrected chi connectivity index (χ0v) is 20.2. The Morgan fingerprint density at radius 1 is 1.00 bits per heavy atom. The lowest BCUT2D eigenvalue weighted by Crippen LogP contribution is -2.35. The predicted molar refractivity (Wildman–Crippen MR) is 132 cm³/mol. The summed E-state index contributed by atoms with van der Waals surface area (Å²) in [6.07, 6.45) is 5.80. The van der Waals surface area contributed by atoms with E-state index in [9.17, 15) is 13.2 Å². The summed E-state index contributed by atoms with van der Waals surface area (Å²) < 4.78 is 37.4. The second kappa shape index (κ2) is 11.3. The standard InChI is InChI=1S/C23H27N3O5S2/c1-30-20-12-6-17(16-21(20)31-2)7-13-22(27)25-23(32)24-18-8-10-19(11-9-18)33(28,29)26-14-4-3-5-15-26/h6-13,16H,3-5,14-15H2,1-2H3,(H2,24,25,27,32)/b13-7+. The van der Waals surface area contributed by atoms with Gasteiger partial charge in [-0.3, -0.25) is 10.1 Å². The summed E-state index contributed by atoms with van der Waals surface area (Å²) in [5, 5.41) is 5.54. The lowest BCUT2D eigenvalue weighted by Gasteiger charge is -2.25. The molecule has 0 radical (unpaired) electrons. The van der Waals surface area contributed by atoms with E-state index < -0.39 is 15.9 Å². The summed E-state index contributed by atoms with van der Waals surface area (Å²) in [6, 6.07) is 11.6. The van der Waals surface area contributed by atoms with Gasteiger partial charge in [0.25, 0.3) is 0 Å². The molecule has 0 unspecified atom stereocenters. The number of thiocarbonyl (C=S) groups is 1. The number of anilines is 1. The number of hydrogen-bond donors (Lipinski definition) is 2. The number of nitrogens with zero attached hydrogens (tertiary/aromatic N) is 1. The van der Waals surface area contributed by atoms with Gasteiger partial charge in [-0.05, 0) is 73.1 Å². The third-order valence-electron chi connectivity index (χ3n) is 5.14. The van der Waals surface area contributed by atoms with Crippen molar-refractivity contribution in [3.05, 3.63) is 54.1 Å². The van der Waals surface area contributed by atoms with E-state index >= 15 is 0 Å². The molecule has 0 saturated carbocycles. The van der Waals surface area contributed by atoms with Crippen LogP contribution in [0.2, 0.25) is 0 Å². The minimum atomic E-state index is -3.49. The molecule has 1 heterocycles. The smallest absolute Gasteiger partial charge is 0.250 e. The first kappa shape index (κ1) is 24.7. The van der Waals surface area contributed by atoms with Crippen LogP contribution in [-0.2, 0) is 14.8 Å². The van der Waals surface area contributed by atoms with Crippen LogP contribution in [0.5, 0.6) is 11.5 Å². The lowest BCUT2D eigenvalue weighted by atomic mass is 10.2. The number of hydrogen-bond acceptors (Lipinski definition) is 6. The number of benzene rings is 2. The van der Waals surface area contributed by atoms with E-state index in [4.69, 9.17) is 21.7 Å². The van der Waals surface area contributed by atoms with Gasteiger partial charge in [-0.15, -0.1) is 0 Å². The minimum absolute atomic E-state index is 0.101. The fourth-order valence-electron chi connectivity index (χ4n) is 3.41. The molecule has 10 heteroatoms. The monoisotopic (exact) mass is 489 g/mol. The molecule has 2 N–H and O–H groups in total. The molecule has 0 atom stereocenters. The highest BCUT2D eigenvalue weighted by molar-refractivity contribution is 7.89. The van der Waals surface area contributed by atoms with Gasteiger partial charge in [-0.1, -0.05) is 12.5 Å². The van der Waals surface area contributed by atoms with Gasteiger partial charge in [-0.25, -0.2) is 8.42 Å². The van der Waals surface area contributed by atoms with E-state index in [2.05, 4.69) is 10.6 Å². The maximum absolute atomic E-state index is 12.7. The molecule has 0 spiro atoms. The second-order valence-electron chi connectivity index (χ2n) is 7.38. The number of sulfonamides is 1. The maximum atomic E-state index is 12.7. The predicted octanol–water partition coefficient (Wildman–Crippen LogP) is 3.40. The molecular formula is C23H27N3O5S2. The van der Waals surface area contributed by atoms with E-state index in [0.717, 1.165) is 24.8 Å². The molecule has 2 aromatic carbocycles. The number of amides is 1. The molecule has 1 aliphatic rings. The summed E-state index contributed by atoms with van der Waals surface area (Å²) in [7, 11) is -0.402. The summed E-state index contributed by atoms with van der Waals surface area (Å²) >= 11 is 5.18. The van der Waals surface area contributed by atoms with Crippen molar-refractivity contribution in [1.29, 1.82) is 0 Å². The Kier molecular flexibility index (Phi) is 8.43. The van der Waals surface area contributed by atoms with Crippen LogP contribution in [-0.4, -0.2) is 51.1 Å². The third-order valence-corrected chi connectivity index (χ3v) is 7.25. The molecule has 1 fully saturated rings. The maximum Gasteiger partial charge on any atom is 0.250 e. The van der Waals surface area contributed by atoms with Gasteiger partial charge in [0.2, 0.25) is 15.9 Å². The van der Waals surface area contributed by atoms with Gasteiger partial charge >= 0.3 is 0 Å². The first-order valence-corrected chi connectivity index (χ1v) is 12.3. The molecule has 176 valence electrons. The van der Waals surface area contributed by atoms with Crippen LogP contribution in [0.25, 0.3) is 6.08 Å². The Bertz CT molecular complexity index is 1130. The summed E-state index contributed by atoms with van der Waals surface area (Å²) in [4.78, 5) is 12.4. The second-order valence-corrected chi connectivity index (χ2v) is 9.73. The van der Waals surface area contributed by atoms with Crippen molar-refractivity contribution >= 4 is 45.0 Å². The highest BCUT2D eigenvalue weighted by Gasteiger charge is 2.25. The van der Waals surface area contributed by atoms with Crippen molar-refractivity contribution in [2.24, 2.45) is 0 Å². The van der Waals surface area contributed by atoms with Gasteiger partial charge in [0.1, 0.15) is 0 Å². The minimum Gasteiger partial charge on any atom is -0.493 e. The van der Waals surface area contributed by atoms with Crippen LogP contribution in [0.4, 0.5) is 5.69 Å². The Morgan fingerprint density at radius 2 is 1.67 bits per heavy atom. The summed E-state index contributed by atoms with van der Waals surface area (Å²) in [5.74, 6) is 0.744. The van der Waals surface area contributed by atoms with Crippen LogP contribution in [0, 0.1) is 0 Å². The molecule has 0 bridgehead atoms. The van der Waals surface area contributed by atoms with Gasteiger partial charge in [-0.2, -0.15) is 4.31 Å². The van der Waals surface area contributed by atoms with Gasteiger partial charge in [0.15, 0.2) is 16.6 Å². The fourth-order valence-corrected chi connectivity index (χ4v) is 5.14. The van der Waals surface area contributed by atoms with Gasteiger partial charge in [0.05, 0.1) is 19.1 Å². The zero-order chi connectivity index (χ0) is 23.8. The lowest BCUT2D eigenvalue weighted by molar-refractivity contribution is -0.115. The largest absolute Gasteiger partial charge is 0.493 e. The Morgan fingerprint density at radius 3 is 2.30 bits per heavy atom. The molecule has 1 saturated heterocycles. The van der Waals surface area contributed by atoms with Crippen molar-refractivity contribution < 1.29 is 22.7 Å². The summed E-state index contributed by atoms with van der Waals surface area (Å²) in [6.45, 7) is 1.10. The van der Waals surface area contributed by atoms with E-state index in [-0.39, 0.29) is 10.0 Å². The number of ether oxygens (including phenoxy) is 2. The number of methoxy groups -OCH3 is 2. The van der Waals surface area contributed by atoms with Crippen LogP contribution in [0.3, 0.4) is 0 Å². The average Bonchev–Trinajstić information content (AvgIpc) is 2.83. The quantitative estimate of drug-likeness (QED) is 0.454. The van der Waals surface area contributed by atoms with Crippen molar-refractivity contribution in [3.8, 4) is 11.5 Å². The molecule has 33 heavy (non-hydrogen) atoms. The number of rotatable bonds is 7. The first-order valence-electron chi connectivity index (χ1n) is 10.5. The van der Waals surface area contributed by atoms with Crippen LogP contribution in [0.1, 0.15) is 24.8 Å². The topological polar surface area (TPSA) is 97.0 Å². The molecular weight excluding hydrogens is 462 g/mol. The number of piperidine rings is 1. The van der Waals surface area contributed by atoms with Gasteiger partial charge < -0.3 is 14.8 Å². The normalized spacial score (nSPS) is 14.6. The Balaban J connectivity index is 1.56. The number of carbonyl (C=O) groups is 1. The van der Waals surface area contributed by atoms with Crippen molar-refractivity contribution in [1.82, 2.24) is 9.62 Å². The molecule has 1 aliphatic heterocycles. The number of carbonyl (C=O) groups excluding carboxylic acids is 1. The van der Waals surface area contributed by atoms with Crippen LogP contribution in [0.15, 0.2) is 53.4 Å². The van der Waals surface area contributed by atoms with E-state index in [1.807, 2.05) is 0 Å². The van der Waals surface area contributed by atoms with Crippen LogP contribution >= 0.6 is 12.2 Å². The highest BCUT2D eigenvalue weighted by atomic mass is 32.2. The first-order chi connectivity index (χ1) is 15.8. The van der Waals surface area contributed by atoms with E-state index in [1.54, 1.807) is 43.5 Å². The SMILES string of the molecule is COc1ccc(/C=C/C(=O)NC(=S)Nc2ccc(S(=O)(=O)N3CCCCC3)cc2)cc1OC. The molecule has 8 nitrogen and oxygen atoms in total. The summed E-state index contributed by atoms with van der Waals surface area (Å²) in [5.41, 5.74) is 1.33. The Labute approximate surface area is 199 Å². The highest BCUT2D eigenvalue weighted by Crippen LogP contribution is 2.28. The van der Waals surface area contributed by atoms with E-state index in [0.29, 0.717) is 30.3 Å². The van der Waals surface area contributed by atoms with Gasteiger partial charge in [0, 0.05) is 24.9 Å². The molecule has 0 aliphatic carbocycles. The van der Waals surface area contributed by atoms with Crippen molar-refractivity contribution in [3.63, 3.8) is 0 Å². The fraction of sp³-hybridized carbons (Fsp3) is 0.304.